The zero-order chi connectivity index (χ0) is 17.8. The van der Waals surface area contributed by atoms with E-state index in [4.69, 9.17) is 9.72 Å². The fourth-order valence-corrected chi connectivity index (χ4v) is 3.58. The molecule has 1 aromatic heterocycles. The van der Waals surface area contributed by atoms with Crippen molar-refractivity contribution in [3.8, 4) is 17.0 Å². The Morgan fingerprint density at radius 1 is 1.16 bits per heavy atom. The number of thiazole rings is 1. The summed E-state index contributed by atoms with van der Waals surface area (Å²) in [6, 6.07) is 17.5. The van der Waals surface area contributed by atoms with Crippen LogP contribution in [0.15, 0.2) is 54.6 Å². The van der Waals surface area contributed by atoms with Crippen LogP contribution in [0.1, 0.15) is 18.2 Å². The molecule has 0 spiro atoms. The van der Waals surface area contributed by atoms with E-state index in [1.165, 1.54) is 11.3 Å². The average molecular weight is 352 g/mol. The fourth-order valence-electron chi connectivity index (χ4n) is 2.61. The topological polar surface area (TPSA) is 42.4 Å². The smallest absolute Gasteiger partial charge is 0.233 e. The first kappa shape index (κ1) is 17.2. The minimum atomic E-state index is 0.00150. The first-order chi connectivity index (χ1) is 12.1. The van der Waals surface area contributed by atoms with Crippen molar-refractivity contribution >= 4 is 28.1 Å². The van der Waals surface area contributed by atoms with Gasteiger partial charge in [-0.25, -0.2) is 4.98 Å². The van der Waals surface area contributed by atoms with E-state index in [9.17, 15) is 4.79 Å². The third-order valence-electron chi connectivity index (χ3n) is 3.89. The highest BCUT2D eigenvalue weighted by molar-refractivity contribution is 7.16. The first-order valence-corrected chi connectivity index (χ1v) is 8.95. The van der Waals surface area contributed by atoms with Crippen molar-refractivity contribution in [1.29, 1.82) is 0 Å². The molecule has 0 atom stereocenters. The van der Waals surface area contributed by atoms with Gasteiger partial charge in [0.15, 0.2) is 5.13 Å². The molecule has 0 unspecified atom stereocenters. The Kier molecular flexibility index (Phi) is 5.14. The standard InChI is InChI=1S/C20H20N2O2S/c1-4-18(23)22(16-11-8-12-17(13-16)24-3)20-21-19(14(2)25-20)15-9-6-5-7-10-15/h5-13H,4H2,1-3H3. The van der Waals surface area contributed by atoms with Gasteiger partial charge in [-0.05, 0) is 19.1 Å². The van der Waals surface area contributed by atoms with Crippen LogP contribution in [0.2, 0.25) is 0 Å². The molecule has 0 fully saturated rings. The predicted octanol–water partition coefficient (Wildman–Crippen LogP) is 5.20. The summed E-state index contributed by atoms with van der Waals surface area (Å²) in [5, 5.41) is 0.677. The molecule has 3 rings (SSSR count). The number of carbonyl (C=O) groups is 1. The number of anilines is 2. The van der Waals surface area contributed by atoms with Gasteiger partial charge in [0.25, 0.3) is 0 Å². The van der Waals surface area contributed by atoms with Gasteiger partial charge in [-0.2, -0.15) is 0 Å². The molecule has 0 aliphatic carbocycles. The van der Waals surface area contributed by atoms with Gasteiger partial charge < -0.3 is 4.74 Å². The molecule has 0 aliphatic rings. The van der Waals surface area contributed by atoms with Gasteiger partial charge in [-0.15, -0.1) is 11.3 Å². The van der Waals surface area contributed by atoms with E-state index < -0.39 is 0 Å². The van der Waals surface area contributed by atoms with E-state index >= 15 is 0 Å². The van der Waals surface area contributed by atoms with Gasteiger partial charge in [0.2, 0.25) is 5.91 Å². The highest BCUT2D eigenvalue weighted by Crippen LogP contribution is 2.37. The monoisotopic (exact) mass is 352 g/mol. The van der Waals surface area contributed by atoms with Crippen molar-refractivity contribution in [2.24, 2.45) is 0 Å². The van der Waals surface area contributed by atoms with Gasteiger partial charge in [0, 0.05) is 22.9 Å². The molecule has 0 saturated carbocycles. The molecule has 2 aromatic carbocycles. The second-order valence-electron chi connectivity index (χ2n) is 5.55. The van der Waals surface area contributed by atoms with Crippen LogP contribution in [0.3, 0.4) is 0 Å². The van der Waals surface area contributed by atoms with Gasteiger partial charge in [0.1, 0.15) is 5.75 Å². The van der Waals surface area contributed by atoms with Gasteiger partial charge in [-0.1, -0.05) is 43.3 Å². The van der Waals surface area contributed by atoms with E-state index in [2.05, 4.69) is 0 Å². The second kappa shape index (κ2) is 7.49. The van der Waals surface area contributed by atoms with Crippen molar-refractivity contribution in [2.45, 2.75) is 20.3 Å². The number of carbonyl (C=O) groups excluding carboxylic acids is 1. The lowest BCUT2D eigenvalue weighted by molar-refractivity contribution is -0.117. The average Bonchev–Trinajstić information content (AvgIpc) is 3.03. The second-order valence-corrected chi connectivity index (χ2v) is 6.73. The molecule has 0 radical (unpaired) electrons. The number of benzene rings is 2. The molecule has 25 heavy (non-hydrogen) atoms. The summed E-state index contributed by atoms with van der Waals surface area (Å²) in [5.74, 6) is 0.713. The number of amides is 1. The Labute approximate surface area is 151 Å². The summed E-state index contributed by atoms with van der Waals surface area (Å²) in [5.41, 5.74) is 2.73. The molecule has 128 valence electrons. The zero-order valence-electron chi connectivity index (χ0n) is 14.5. The zero-order valence-corrected chi connectivity index (χ0v) is 15.3. The summed E-state index contributed by atoms with van der Waals surface area (Å²) in [4.78, 5) is 20.1. The number of hydrogen-bond donors (Lipinski definition) is 0. The summed E-state index contributed by atoms with van der Waals surface area (Å²) in [6.45, 7) is 3.89. The van der Waals surface area contributed by atoms with Crippen LogP contribution in [0.25, 0.3) is 11.3 Å². The van der Waals surface area contributed by atoms with Crippen molar-refractivity contribution in [1.82, 2.24) is 4.98 Å². The molecule has 0 saturated heterocycles. The molecule has 1 heterocycles. The van der Waals surface area contributed by atoms with Crippen LogP contribution in [-0.4, -0.2) is 18.0 Å². The fraction of sp³-hybridized carbons (Fsp3) is 0.200. The molecular formula is C20H20N2O2S. The van der Waals surface area contributed by atoms with E-state index in [0.717, 1.165) is 21.8 Å². The van der Waals surface area contributed by atoms with E-state index in [1.54, 1.807) is 12.0 Å². The number of methoxy groups -OCH3 is 1. The predicted molar refractivity (Wildman–Crippen MR) is 103 cm³/mol. The summed E-state index contributed by atoms with van der Waals surface area (Å²) in [7, 11) is 1.62. The van der Waals surface area contributed by atoms with Crippen molar-refractivity contribution in [3.05, 3.63) is 59.5 Å². The van der Waals surface area contributed by atoms with Gasteiger partial charge in [0.05, 0.1) is 18.5 Å². The maximum absolute atomic E-state index is 12.6. The third-order valence-corrected chi connectivity index (χ3v) is 4.84. The summed E-state index contributed by atoms with van der Waals surface area (Å²) in [6.07, 6.45) is 0.399. The number of ether oxygens (including phenoxy) is 1. The molecule has 4 nitrogen and oxygen atoms in total. The Bertz CT molecular complexity index is 874. The normalized spacial score (nSPS) is 10.5. The Morgan fingerprint density at radius 3 is 2.60 bits per heavy atom. The number of rotatable bonds is 5. The Morgan fingerprint density at radius 2 is 1.92 bits per heavy atom. The highest BCUT2D eigenvalue weighted by Gasteiger charge is 2.22. The summed E-state index contributed by atoms with van der Waals surface area (Å²) < 4.78 is 5.30. The number of nitrogens with zero attached hydrogens (tertiary/aromatic N) is 2. The molecule has 3 aromatic rings. The van der Waals surface area contributed by atoms with Crippen LogP contribution in [0.5, 0.6) is 5.75 Å². The van der Waals surface area contributed by atoms with E-state index in [1.807, 2.05) is 68.4 Å². The first-order valence-electron chi connectivity index (χ1n) is 8.14. The molecule has 0 N–H and O–H groups in total. The third kappa shape index (κ3) is 3.56. The van der Waals surface area contributed by atoms with Crippen molar-refractivity contribution < 1.29 is 9.53 Å². The molecule has 5 heteroatoms. The number of aromatic nitrogens is 1. The minimum Gasteiger partial charge on any atom is -0.497 e. The highest BCUT2D eigenvalue weighted by atomic mass is 32.1. The minimum absolute atomic E-state index is 0.00150. The molecular weight excluding hydrogens is 332 g/mol. The van der Waals surface area contributed by atoms with Crippen molar-refractivity contribution in [2.75, 3.05) is 12.0 Å². The van der Waals surface area contributed by atoms with Crippen LogP contribution in [-0.2, 0) is 4.79 Å². The SMILES string of the molecule is CCC(=O)N(c1cccc(OC)c1)c1nc(-c2ccccc2)c(C)s1. The van der Waals surface area contributed by atoms with E-state index in [0.29, 0.717) is 17.3 Å². The Hall–Kier alpha value is -2.66. The quantitative estimate of drug-likeness (QED) is 0.634. The lowest BCUT2D eigenvalue weighted by atomic mass is 10.1. The van der Waals surface area contributed by atoms with Crippen LogP contribution in [0.4, 0.5) is 10.8 Å². The maximum atomic E-state index is 12.6. The lowest BCUT2D eigenvalue weighted by Crippen LogP contribution is -2.24. The number of hydrogen-bond acceptors (Lipinski definition) is 4. The van der Waals surface area contributed by atoms with E-state index in [-0.39, 0.29) is 5.91 Å². The lowest BCUT2D eigenvalue weighted by Gasteiger charge is -2.20. The van der Waals surface area contributed by atoms with Crippen LogP contribution < -0.4 is 9.64 Å². The van der Waals surface area contributed by atoms with Crippen LogP contribution >= 0.6 is 11.3 Å². The Balaban J connectivity index is 2.07. The summed E-state index contributed by atoms with van der Waals surface area (Å²) >= 11 is 1.52. The van der Waals surface area contributed by atoms with Gasteiger partial charge >= 0.3 is 0 Å². The van der Waals surface area contributed by atoms with Crippen LogP contribution in [0, 0.1) is 6.92 Å². The van der Waals surface area contributed by atoms with Gasteiger partial charge in [-0.3, -0.25) is 9.69 Å². The molecule has 0 aliphatic heterocycles. The molecule has 0 bridgehead atoms. The maximum Gasteiger partial charge on any atom is 0.233 e. The largest absolute Gasteiger partial charge is 0.497 e. The molecule has 1 amide bonds. The number of aryl methyl sites for hydroxylation is 1. The van der Waals surface area contributed by atoms with Crippen molar-refractivity contribution in [3.63, 3.8) is 0 Å².